The minimum Gasteiger partial charge on any atom is -0.396 e. The quantitative estimate of drug-likeness (QED) is 0.444. The fraction of sp³-hybridized carbons (Fsp3) is 0.500. The zero-order valence-electron chi connectivity index (χ0n) is 5.72. The average molecular weight is 124 g/mol. The van der Waals surface area contributed by atoms with E-state index in [0.29, 0.717) is 0 Å². The number of aliphatic hydroxyl groups is 1. The molecule has 0 radical (unpaired) electrons. The average Bonchev–Trinajstić information content (AvgIpc) is 1.89. The van der Waals surface area contributed by atoms with Crippen molar-refractivity contribution in [3.05, 3.63) is 11.6 Å². The zero-order valence-corrected chi connectivity index (χ0v) is 5.72. The molecule has 0 aromatic carbocycles. The highest BCUT2D eigenvalue weighted by atomic mass is 16.2. The number of hydrogen-bond donors (Lipinski definition) is 1. The lowest BCUT2D eigenvalue weighted by Crippen LogP contribution is -1.79. The highest BCUT2D eigenvalue weighted by molar-refractivity contribution is 5.21. The van der Waals surface area contributed by atoms with E-state index < -0.39 is 0 Å². The third kappa shape index (κ3) is 5.13. The van der Waals surface area contributed by atoms with Gasteiger partial charge in [-0.1, -0.05) is 12.0 Å². The molecule has 0 fully saturated rings. The summed E-state index contributed by atoms with van der Waals surface area (Å²) in [7, 11) is 0. The van der Waals surface area contributed by atoms with Crippen LogP contribution >= 0.6 is 0 Å². The van der Waals surface area contributed by atoms with Crippen LogP contribution in [0, 0.1) is 12.3 Å². The Morgan fingerprint density at radius 1 is 1.78 bits per heavy atom. The predicted octanol–water partition coefficient (Wildman–Crippen LogP) is 1.34. The summed E-state index contributed by atoms with van der Waals surface area (Å²) in [6.45, 7) is 2.13. The molecule has 0 aromatic heterocycles. The van der Waals surface area contributed by atoms with Crippen molar-refractivity contribution in [3.63, 3.8) is 0 Å². The molecule has 0 amide bonds. The van der Waals surface area contributed by atoms with Crippen LogP contribution in [-0.2, 0) is 0 Å². The molecule has 0 atom stereocenters. The molecular formula is C8H12O. The van der Waals surface area contributed by atoms with Gasteiger partial charge in [-0.25, -0.2) is 0 Å². The SMILES string of the molecule is C#CC(C)=CCCCO. The van der Waals surface area contributed by atoms with E-state index in [1.807, 2.05) is 13.0 Å². The van der Waals surface area contributed by atoms with Gasteiger partial charge in [0.1, 0.15) is 0 Å². The highest BCUT2D eigenvalue weighted by Crippen LogP contribution is 1.95. The highest BCUT2D eigenvalue weighted by Gasteiger charge is 1.80. The smallest absolute Gasteiger partial charge is 0.0433 e. The summed E-state index contributed by atoms with van der Waals surface area (Å²) in [4.78, 5) is 0. The summed E-state index contributed by atoms with van der Waals surface area (Å²) in [5.41, 5.74) is 0.948. The van der Waals surface area contributed by atoms with E-state index in [1.165, 1.54) is 0 Å². The molecule has 0 aliphatic heterocycles. The van der Waals surface area contributed by atoms with Gasteiger partial charge in [0.2, 0.25) is 0 Å². The molecule has 0 unspecified atom stereocenters. The molecule has 0 rings (SSSR count). The second kappa shape index (κ2) is 5.40. The third-order valence-corrected chi connectivity index (χ3v) is 1.04. The molecule has 0 aliphatic carbocycles. The normalized spacial score (nSPS) is 11.0. The maximum Gasteiger partial charge on any atom is 0.0433 e. The van der Waals surface area contributed by atoms with E-state index in [1.54, 1.807) is 0 Å². The van der Waals surface area contributed by atoms with Crippen LogP contribution in [0.3, 0.4) is 0 Å². The van der Waals surface area contributed by atoms with Crippen molar-refractivity contribution < 1.29 is 5.11 Å². The lowest BCUT2D eigenvalue weighted by molar-refractivity contribution is 0.289. The summed E-state index contributed by atoms with van der Waals surface area (Å²) < 4.78 is 0. The lowest BCUT2D eigenvalue weighted by atomic mass is 10.2. The third-order valence-electron chi connectivity index (χ3n) is 1.04. The first-order valence-electron chi connectivity index (χ1n) is 3.05. The van der Waals surface area contributed by atoms with Crippen LogP contribution in [0.15, 0.2) is 11.6 Å². The molecule has 0 bridgehead atoms. The Kier molecular flexibility index (Phi) is 4.95. The summed E-state index contributed by atoms with van der Waals surface area (Å²) >= 11 is 0. The Labute approximate surface area is 56.4 Å². The maximum atomic E-state index is 8.37. The van der Waals surface area contributed by atoms with Gasteiger partial charge in [0, 0.05) is 6.61 Å². The summed E-state index contributed by atoms with van der Waals surface area (Å²) in [6, 6.07) is 0. The molecule has 1 nitrogen and oxygen atoms in total. The van der Waals surface area contributed by atoms with Gasteiger partial charge < -0.3 is 5.11 Å². The number of hydrogen-bond acceptors (Lipinski definition) is 1. The van der Waals surface area contributed by atoms with Gasteiger partial charge in [-0.15, -0.1) is 6.42 Å². The number of rotatable bonds is 3. The Hall–Kier alpha value is -0.740. The second-order valence-corrected chi connectivity index (χ2v) is 1.90. The van der Waals surface area contributed by atoms with E-state index in [-0.39, 0.29) is 6.61 Å². The minimum absolute atomic E-state index is 0.244. The van der Waals surface area contributed by atoms with Crippen LogP contribution in [0.25, 0.3) is 0 Å². The van der Waals surface area contributed by atoms with Crippen molar-refractivity contribution in [2.45, 2.75) is 19.8 Å². The van der Waals surface area contributed by atoms with Gasteiger partial charge in [0.25, 0.3) is 0 Å². The first-order chi connectivity index (χ1) is 4.31. The zero-order chi connectivity index (χ0) is 7.11. The maximum absolute atomic E-state index is 8.37. The summed E-state index contributed by atoms with van der Waals surface area (Å²) in [6.07, 6.45) is 8.71. The van der Waals surface area contributed by atoms with Crippen LogP contribution in [-0.4, -0.2) is 11.7 Å². The molecule has 0 saturated heterocycles. The number of allylic oxidation sites excluding steroid dienone is 2. The van der Waals surface area contributed by atoms with Gasteiger partial charge in [-0.2, -0.15) is 0 Å². The van der Waals surface area contributed by atoms with Gasteiger partial charge in [0.15, 0.2) is 0 Å². The molecular weight excluding hydrogens is 112 g/mol. The predicted molar refractivity (Wildman–Crippen MR) is 38.9 cm³/mol. The number of aliphatic hydroxyl groups excluding tert-OH is 1. The Bertz CT molecular complexity index is 128. The molecule has 1 heteroatoms. The van der Waals surface area contributed by atoms with E-state index in [2.05, 4.69) is 5.92 Å². The van der Waals surface area contributed by atoms with E-state index in [4.69, 9.17) is 11.5 Å². The van der Waals surface area contributed by atoms with Crippen molar-refractivity contribution in [2.24, 2.45) is 0 Å². The first-order valence-corrected chi connectivity index (χ1v) is 3.05. The topological polar surface area (TPSA) is 20.2 Å². The molecule has 0 aromatic rings. The summed E-state index contributed by atoms with van der Waals surface area (Å²) in [5, 5.41) is 8.37. The molecule has 0 heterocycles. The molecule has 50 valence electrons. The number of unbranched alkanes of at least 4 members (excludes halogenated alkanes) is 1. The second-order valence-electron chi connectivity index (χ2n) is 1.90. The lowest BCUT2D eigenvalue weighted by Gasteiger charge is -1.88. The van der Waals surface area contributed by atoms with Crippen LogP contribution in [0.5, 0.6) is 0 Å². The monoisotopic (exact) mass is 124 g/mol. The van der Waals surface area contributed by atoms with Crippen molar-refractivity contribution >= 4 is 0 Å². The first kappa shape index (κ1) is 8.26. The van der Waals surface area contributed by atoms with Gasteiger partial charge in [-0.05, 0) is 25.3 Å². The van der Waals surface area contributed by atoms with E-state index in [9.17, 15) is 0 Å². The fourth-order valence-corrected chi connectivity index (χ4v) is 0.469. The Balaban J connectivity index is 3.35. The van der Waals surface area contributed by atoms with Gasteiger partial charge in [0.05, 0.1) is 0 Å². The van der Waals surface area contributed by atoms with Crippen LogP contribution in [0.1, 0.15) is 19.8 Å². The van der Waals surface area contributed by atoms with Crippen molar-refractivity contribution in [2.75, 3.05) is 6.61 Å². The van der Waals surface area contributed by atoms with Crippen molar-refractivity contribution in [3.8, 4) is 12.3 Å². The molecule has 0 aliphatic rings. The largest absolute Gasteiger partial charge is 0.396 e. The minimum atomic E-state index is 0.244. The standard InChI is InChI=1S/C8H12O/c1-3-8(2)6-4-5-7-9/h1,6,9H,4-5,7H2,2H3. The van der Waals surface area contributed by atoms with E-state index >= 15 is 0 Å². The van der Waals surface area contributed by atoms with Gasteiger partial charge >= 0.3 is 0 Å². The van der Waals surface area contributed by atoms with Crippen LogP contribution < -0.4 is 0 Å². The summed E-state index contributed by atoms with van der Waals surface area (Å²) in [5.74, 6) is 2.50. The van der Waals surface area contributed by atoms with Crippen LogP contribution in [0.2, 0.25) is 0 Å². The molecule has 9 heavy (non-hydrogen) atoms. The molecule has 0 spiro atoms. The Morgan fingerprint density at radius 2 is 2.44 bits per heavy atom. The number of terminal acetylenes is 1. The van der Waals surface area contributed by atoms with Crippen molar-refractivity contribution in [1.82, 2.24) is 0 Å². The van der Waals surface area contributed by atoms with Crippen LogP contribution in [0.4, 0.5) is 0 Å². The Morgan fingerprint density at radius 3 is 2.89 bits per heavy atom. The van der Waals surface area contributed by atoms with Crippen molar-refractivity contribution in [1.29, 1.82) is 0 Å². The molecule has 0 saturated carbocycles. The van der Waals surface area contributed by atoms with Gasteiger partial charge in [-0.3, -0.25) is 0 Å². The molecule has 1 N–H and O–H groups in total. The fourth-order valence-electron chi connectivity index (χ4n) is 0.469. The van der Waals surface area contributed by atoms with E-state index in [0.717, 1.165) is 18.4 Å².